The van der Waals surface area contributed by atoms with Gasteiger partial charge in [0.15, 0.2) is 0 Å². The van der Waals surface area contributed by atoms with Crippen molar-refractivity contribution in [3.05, 3.63) is 0 Å². The summed E-state index contributed by atoms with van der Waals surface area (Å²) in [6, 6.07) is -1.63. The number of carbonyl (C=O) groups is 2. The van der Waals surface area contributed by atoms with E-state index in [1.54, 1.807) is 0 Å². The van der Waals surface area contributed by atoms with Crippen LogP contribution in [0.3, 0.4) is 0 Å². The van der Waals surface area contributed by atoms with Gasteiger partial charge >= 0.3 is 24.0 Å². The first-order chi connectivity index (χ1) is 8.09. The summed E-state index contributed by atoms with van der Waals surface area (Å²) in [4.78, 5) is 22.0. The number of carboxylic acid groups (broad SMARTS) is 1. The zero-order valence-corrected chi connectivity index (χ0v) is 9.01. The van der Waals surface area contributed by atoms with Gasteiger partial charge in [-0.05, 0) is 19.3 Å². The second kappa shape index (κ2) is 4.69. The smallest absolute Gasteiger partial charge is 0.463 e. The van der Waals surface area contributed by atoms with Crippen LogP contribution < -0.4 is 0 Å². The first kappa shape index (κ1) is 14.7. The third-order valence-corrected chi connectivity index (χ3v) is 2.67. The van der Waals surface area contributed by atoms with Gasteiger partial charge in [0.05, 0.1) is 0 Å². The second-order valence-electron chi connectivity index (χ2n) is 3.92. The Balaban J connectivity index is 2.97. The van der Waals surface area contributed by atoms with Crippen molar-refractivity contribution >= 4 is 11.9 Å². The molecule has 1 heterocycles. The maximum absolute atomic E-state index is 12.8. The highest BCUT2D eigenvalue weighted by molar-refractivity contribution is 5.89. The normalized spacial score (nSPS) is 21.8. The highest BCUT2D eigenvalue weighted by Crippen LogP contribution is 2.38. The minimum Gasteiger partial charge on any atom is -0.480 e. The summed E-state index contributed by atoms with van der Waals surface area (Å²) in [7, 11) is 0. The molecular formula is C9H10F5NO3. The minimum absolute atomic E-state index is 0.0966. The topological polar surface area (TPSA) is 57.6 Å². The molecule has 1 fully saturated rings. The van der Waals surface area contributed by atoms with Gasteiger partial charge in [-0.15, -0.1) is 0 Å². The number of piperidine rings is 1. The number of aliphatic carboxylic acids is 1. The summed E-state index contributed by atoms with van der Waals surface area (Å²) >= 11 is 0. The van der Waals surface area contributed by atoms with Gasteiger partial charge in [-0.2, -0.15) is 22.0 Å². The van der Waals surface area contributed by atoms with Crippen LogP contribution in [0.5, 0.6) is 0 Å². The Morgan fingerprint density at radius 1 is 1.11 bits per heavy atom. The molecule has 0 saturated carbocycles. The fourth-order valence-corrected chi connectivity index (χ4v) is 1.73. The number of carboxylic acids is 1. The van der Waals surface area contributed by atoms with Gasteiger partial charge in [0, 0.05) is 6.54 Å². The largest absolute Gasteiger partial charge is 0.480 e. The van der Waals surface area contributed by atoms with Crippen LogP contribution >= 0.6 is 0 Å². The molecule has 4 nitrogen and oxygen atoms in total. The summed E-state index contributed by atoms with van der Waals surface area (Å²) < 4.78 is 61.7. The molecule has 0 spiro atoms. The van der Waals surface area contributed by atoms with E-state index in [0.717, 1.165) is 0 Å². The average molecular weight is 275 g/mol. The van der Waals surface area contributed by atoms with Crippen molar-refractivity contribution < 1.29 is 36.6 Å². The molecular weight excluding hydrogens is 265 g/mol. The third-order valence-electron chi connectivity index (χ3n) is 2.67. The maximum Gasteiger partial charge on any atom is 0.463 e. The van der Waals surface area contributed by atoms with Crippen LogP contribution in [0, 0.1) is 0 Å². The molecule has 0 bridgehead atoms. The zero-order valence-electron chi connectivity index (χ0n) is 9.01. The molecule has 0 aromatic heterocycles. The summed E-state index contributed by atoms with van der Waals surface area (Å²) in [6.07, 6.45) is -5.60. The molecule has 1 N–H and O–H groups in total. The van der Waals surface area contributed by atoms with E-state index >= 15 is 0 Å². The number of hydrogen-bond donors (Lipinski definition) is 1. The Bertz CT molecular complexity index is 355. The molecule has 0 aromatic rings. The van der Waals surface area contributed by atoms with Gasteiger partial charge in [0.25, 0.3) is 0 Å². The summed E-state index contributed by atoms with van der Waals surface area (Å²) in [5, 5.41) is 8.71. The van der Waals surface area contributed by atoms with Crippen LogP contribution in [-0.2, 0) is 9.59 Å². The van der Waals surface area contributed by atoms with E-state index in [-0.39, 0.29) is 17.7 Å². The molecule has 1 saturated heterocycles. The van der Waals surface area contributed by atoms with E-state index in [2.05, 4.69) is 0 Å². The Morgan fingerprint density at radius 2 is 1.67 bits per heavy atom. The predicted molar refractivity (Wildman–Crippen MR) is 48.0 cm³/mol. The van der Waals surface area contributed by atoms with Crippen molar-refractivity contribution in [2.24, 2.45) is 0 Å². The van der Waals surface area contributed by atoms with Crippen molar-refractivity contribution in [2.45, 2.75) is 37.4 Å². The average Bonchev–Trinajstić information content (AvgIpc) is 2.26. The van der Waals surface area contributed by atoms with Gasteiger partial charge in [-0.25, -0.2) is 4.79 Å². The molecule has 1 unspecified atom stereocenters. The number of rotatable bonds is 2. The number of carbonyl (C=O) groups excluding carboxylic acids is 1. The first-order valence-electron chi connectivity index (χ1n) is 5.07. The molecule has 9 heteroatoms. The van der Waals surface area contributed by atoms with Gasteiger partial charge in [-0.3, -0.25) is 4.79 Å². The predicted octanol–water partition coefficient (Wildman–Crippen LogP) is 1.65. The number of alkyl halides is 5. The number of halogens is 5. The molecule has 0 radical (unpaired) electrons. The zero-order chi connectivity index (χ0) is 14.1. The van der Waals surface area contributed by atoms with E-state index in [4.69, 9.17) is 5.11 Å². The summed E-state index contributed by atoms with van der Waals surface area (Å²) in [5.41, 5.74) is 0. The van der Waals surface area contributed by atoms with Crippen LogP contribution in [0.4, 0.5) is 22.0 Å². The molecule has 1 aliphatic rings. The van der Waals surface area contributed by atoms with Gasteiger partial charge < -0.3 is 10.0 Å². The lowest BCUT2D eigenvalue weighted by molar-refractivity contribution is -0.275. The van der Waals surface area contributed by atoms with Crippen LogP contribution in [0.1, 0.15) is 19.3 Å². The van der Waals surface area contributed by atoms with Gasteiger partial charge in [0.2, 0.25) is 0 Å². The fraction of sp³-hybridized carbons (Fsp3) is 0.778. The Morgan fingerprint density at radius 3 is 2.11 bits per heavy atom. The Kier molecular flexibility index (Phi) is 3.82. The van der Waals surface area contributed by atoms with Crippen LogP contribution in [0.2, 0.25) is 0 Å². The Labute approximate surface area is 98.4 Å². The molecule has 18 heavy (non-hydrogen) atoms. The monoisotopic (exact) mass is 275 g/mol. The number of amides is 1. The Hall–Kier alpha value is -1.41. The summed E-state index contributed by atoms with van der Waals surface area (Å²) in [6.45, 7) is -0.415. The minimum atomic E-state index is -6.02. The number of hydrogen-bond acceptors (Lipinski definition) is 2. The fourth-order valence-electron chi connectivity index (χ4n) is 1.73. The lowest BCUT2D eigenvalue weighted by atomic mass is 10.0. The van der Waals surface area contributed by atoms with Crippen LogP contribution in [0.15, 0.2) is 0 Å². The lowest BCUT2D eigenvalue weighted by Crippen LogP contribution is -2.58. The molecule has 1 aliphatic heterocycles. The van der Waals surface area contributed by atoms with Crippen molar-refractivity contribution in [3.8, 4) is 0 Å². The van der Waals surface area contributed by atoms with Crippen LogP contribution in [0.25, 0.3) is 0 Å². The second-order valence-corrected chi connectivity index (χ2v) is 3.92. The molecule has 1 rings (SSSR count). The summed E-state index contributed by atoms with van der Waals surface area (Å²) in [5.74, 6) is -9.64. The van der Waals surface area contributed by atoms with Gasteiger partial charge in [-0.1, -0.05) is 0 Å². The van der Waals surface area contributed by atoms with E-state index in [9.17, 15) is 31.5 Å². The number of nitrogens with zero attached hydrogens (tertiary/aromatic N) is 1. The van der Waals surface area contributed by atoms with Crippen molar-refractivity contribution in [3.63, 3.8) is 0 Å². The quantitative estimate of drug-likeness (QED) is 0.779. The molecule has 0 aliphatic carbocycles. The highest BCUT2D eigenvalue weighted by atomic mass is 19.4. The number of likely N-dealkylation sites (tertiary alicyclic amines) is 1. The van der Waals surface area contributed by atoms with Crippen molar-refractivity contribution in [2.75, 3.05) is 6.54 Å². The van der Waals surface area contributed by atoms with Crippen LogP contribution in [-0.4, -0.2) is 46.6 Å². The van der Waals surface area contributed by atoms with Crippen molar-refractivity contribution in [1.29, 1.82) is 0 Å². The van der Waals surface area contributed by atoms with E-state index in [1.807, 2.05) is 0 Å². The molecule has 0 aromatic carbocycles. The van der Waals surface area contributed by atoms with E-state index in [0.29, 0.717) is 6.42 Å². The third kappa shape index (κ3) is 2.54. The molecule has 1 atom stereocenters. The van der Waals surface area contributed by atoms with E-state index < -0.39 is 36.6 Å². The maximum atomic E-state index is 12.8. The first-order valence-corrected chi connectivity index (χ1v) is 5.07. The van der Waals surface area contributed by atoms with Crippen molar-refractivity contribution in [1.82, 2.24) is 4.90 Å². The lowest BCUT2D eigenvalue weighted by Gasteiger charge is -2.35. The molecule has 1 amide bonds. The standard InChI is InChI=1S/C9H10F5NO3/c10-8(11,9(12,13)14)7(18)15-4-2-1-3-5(15)6(16)17/h5H,1-4H2,(H,16,17). The molecule has 104 valence electrons. The van der Waals surface area contributed by atoms with Gasteiger partial charge in [0.1, 0.15) is 6.04 Å². The SMILES string of the molecule is O=C(O)C1CCCCN1C(=O)C(F)(F)C(F)(F)F. The highest BCUT2D eigenvalue weighted by Gasteiger charge is 2.65. The van der Waals surface area contributed by atoms with E-state index in [1.165, 1.54) is 0 Å².